The lowest BCUT2D eigenvalue weighted by atomic mass is 10.5. The first-order chi connectivity index (χ1) is 6.34. The number of halogens is 1. The molecule has 2 aromatic rings. The van der Waals surface area contributed by atoms with Crippen molar-refractivity contribution in [1.29, 1.82) is 0 Å². The molecule has 2 aromatic heterocycles. The van der Waals surface area contributed by atoms with Gasteiger partial charge in [0.1, 0.15) is 11.3 Å². The molecule has 2 rings (SSSR count). The molecule has 0 radical (unpaired) electrons. The Morgan fingerprint density at radius 1 is 1.31 bits per heavy atom. The quantitative estimate of drug-likeness (QED) is 0.829. The second-order valence-corrected chi connectivity index (χ2v) is 4.10. The predicted molar refractivity (Wildman–Crippen MR) is 52.6 cm³/mol. The van der Waals surface area contributed by atoms with Crippen molar-refractivity contribution >= 4 is 27.7 Å². The molecule has 13 heavy (non-hydrogen) atoms. The molecule has 0 fully saturated rings. The zero-order chi connectivity index (χ0) is 9.10. The van der Waals surface area contributed by atoms with E-state index in [-0.39, 0.29) is 0 Å². The summed E-state index contributed by atoms with van der Waals surface area (Å²) in [5.74, 6) is 0. The van der Waals surface area contributed by atoms with Gasteiger partial charge in [0.05, 0.1) is 6.20 Å². The van der Waals surface area contributed by atoms with Crippen LogP contribution in [0.1, 0.15) is 0 Å². The lowest BCUT2D eigenvalue weighted by Gasteiger charge is -1.94. The fourth-order valence-electron chi connectivity index (χ4n) is 0.773. The summed E-state index contributed by atoms with van der Waals surface area (Å²) >= 11 is 4.71. The Hall–Kier alpha value is -0.810. The lowest BCUT2D eigenvalue weighted by molar-refractivity contribution is 0.454. The van der Waals surface area contributed by atoms with Crippen LogP contribution in [-0.4, -0.2) is 9.97 Å². The number of oxazole rings is 1. The molecule has 0 saturated carbocycles. The van der Waals surface area contributed by atoms with Crippen LogP contribution in [0.2, 0.25) is 0 Å². The van der Waals surface area contributed by atoms with Crippen molar-refractivity contribution in [3.63, 3.8) is 0 Å². The minimum absolute atomic E-state index is 0.606. The summed E-state index contributed by atoms with van der Waals surface area (Å²) in [5.41, 5.74) is 0. The number of rotatable bonds is 2. The van der Waals surface area contributed by atoms with Crippen LogP contribution in [0.3, 0.4) is 0 Å². The van der Waals surface area contributed by atoms with Gasteiger partial charge in [0.15, 0.2) is 0 Å². The minimum Gasteiger partial charge on any atom is -0.440 e. The molecule has 0 amide bonds. The van der Waals surface area contributed by atoms with Crippen molar-refractivity contribution in [1.82, 2.24) is 9.97 Å². The first kappa shape index (κ1) is 8.77. The SMILES string of the molecule is Brc1ccc(Sc2ncco2)nc1. The van der Waals surface area contributed by atoms with E-state index in [1.807, 2.05) is 12.1 Å². The maximum absolute atomic E-state index is 5.07. The van der Waals surface area contributed by atoms with Gasteiger partial charge in [-0.1, -0.05) is 0 Å². The fraction of sp³-hybridized carbons (Fsp3) is 0. The maximum atomic E-state index is 5.07. The van der Waals surface area contributed by atoms with Gasteiger partial charge in [-0.05, 0) is 39.8 Å². The fourth-order valence-corrected chi connectivity index (χ4v) is 1.65. The van der Waals surface area contributed by atoms with E-state index >= 15 is 0 Å². The van der Waals surface area contributed by atoms with Crippen molar-refractivity contribution in [3.8, 4) is 0 Å². The Morgan fingerprint density at radius 2 is 2.23 bits per heavy atom. The van der Waals surface area contributed by atoms with Gasteiger partial charge < -0.3 is 4.42 Å². The Labute approximate surface area is 87.7 Å². The summed E-state index contributed by atoms with van der Waals surface area (Å²) in [6.45, 7) is 0. The van der Waals surface area contributed by atoms with Crippen LogP contribution in [-0.2, 0) is 0 Å². The third-order valence-electron chi connectivity index (χ3n) is 1.30. The van der Waals surface area contributed by atoms with Crippen molar-refractivity contribution in [2.45, 2.75) is 10.2 Å². The van der Waals surface area contributed by atoms with Gasteiger partial charge >= 0.3 is 0 Å². The van der Waals surface area contributed by atoms with Crippen LogP contribution < -0.4 is 0 Å². The van der Waals surface area contributed by atoms with Gasteiger partial charge in [-0.25, -0.2) is 9.97 Å². The molecule has 0 aliphatic heterocycles. The summed E-state index contributed by atoms with van der Waals surface area (Å²) in [6.07, 6.45) is 4.90. The summed E-state index contributed by atoms with van der Waals surface area (Å²) in [5, 5.41) is 1.47. The molecule has 0 aliphatic rings. The van der Waals surface area contributed by atoms with Gasteiger partial charge in [0.2, 0.25) is 0 Å². The Morgan fingerprint density at radius 3 is 2.85 bits per heavy atom. The predicted octanol–water partition coefficient (Wildman–Crippen LogP) is 2.98. The highest BCUT2D eigenvalue weighted by atomic mass is 79.9. The molecule has 0 atom stereocenters. The highest BCUT2D eigenvalue weighted by molar-refractivity contribution is 9.10. The molecule has 0 unspecified atom stereocenters. The molecule has 0 saturated heterocycles. The van der Waals surface area contributed by atoms with Crippen molar-refractivity contribution in [3.05, 3.63) is 35.3 Å². The lowest BCUT2D eigenvalue weighted by Crippen LogP contribution is -1.78. The number of hydrogen-bond acceptors (Lipinski definition) is 4. The van der Waals surface area contributed by atoms with E-state index < -0.39 is 0 Å². The molecule has 0 N–H and O–H groups in total. The molecule has 2 heterocycles. The van der Waals surface area contributed by atoms with Gasteiger partial charge in [-0.2, -0.15) is 0 Å². The summed E-state index contributed by atoms with van der Waals surface area (Å²) < 4.78 is 6.03. The van der Waals surface area contributed by atoms with Gasteiger partial charge in [-0.15, -0.1) is 0 Å². The third kappa shape index (κ3) is 2.32. The molecule has 5 heteroatoms. The largest absolute Gasteiger partial charge is 0.440 e. The van der Waals surface area contributed by atoms with E-state index in [0.29, 0.717) is 5.22 Å². The topological polar surface area (TPSA) is 38.9 Å². The van der Waals surface area contributed by atoms with Crippen molar-refractivity contribution in [2.75, 3.05) is 0 Å². The van der Waals surface area contributed by atoms with E-state index in [4.69, 9.17) is 4.42 Å². The van der Waals surface area contributed by atoms with E-state index in [1.54, 1.807) is 18.7 Å². The van der Waals surface area contributed by atoms with Gasteiger partial charge in [-0.3, -0.25) is 0 Å². The van der Waals surface area contributed by atoms with Crippen LogP contribution in [0.5, 0.6) is 0 Å². The average molecular weight is 257 g/mol. The van der Waals surface area contributed by atoms with Crippen molar-refractivity contribution in [2.24, 2.45) is 0 Å². The van der Waals surface area contributed by atoms with Crippen LogP contribution in [0, 0.1) is 0 Å². The van der Waals surface area contributed by atoms with Crippen LogP contribution in [0.4, 0.5) is 0 Å². The smallest absolute Gasteiger partial charge is 0.261 e. The monoisotopic (exact) mass is 256 g/mol. The standard InChI is InChI=1S/C8H5BrN2OS/c9-6-1-2-7(11-5-6)13-8-10-3-4-12-8/h1-5H. The second-order valence-electron chi connectivity index (χ2n) is 2.21. The molecular weight excluding hydrogens is 252 g/mol. The molecule has 3 nitrogen and oxygen atoms in total. The second kappa shape index (κ2) is 3.93. The maximum Gasteiger partial charge on any atom is 0.261 e. The first-order valence-corrected chi connectivity index (χ1v) is 5.14. The van der Waals surface area contributed by atoms with Crippen LogP contribution in [0.25, 0.3) is 0 Å². The van der Waals surface area contributed by atoms with E-state index in [0.717, 1.165) is 9.50 Å². The van der Waals surface area contributed by atoms with Crippen LogP contribution >= 0.6 is 27.7 Å². The number of hydrogen-bond donors (Lipinski definition) is 0. The summed E-state index contributed by atoms with van der Waals surface area (Å²) in [6, 6.07) is 3.83. The molecule has 0 aliphatic carbocycles. The van der Waals surface area contributed by atoms with Gasteiger partial charge in [0, 0.05) is 10.7 Å². The number of nitrogens with zero attached hydrogens (tertiary/aromatic N) is 2. The highest BCUT2D eigenvalue weighted by Crippen LogP contribution is 2.24. The number of pyridine rings is 1. The minimum atomic E-state index is 0.606. The van der Waals surface area contributed by atoms with E-state index in [2.05, 4.69) is 25.9 Å². The van der Waals surface area contributed by atoms with Gasteiger partial charge in [0.25, 0.3) is 5.22 Å². The molecule has 0 spiro atoms. The first-order valence-electron chi connectivity index (χ1n) is 3.53. The molecule has 66 valence electrons. The van der Waals surface area contributed by atoms with Crippen LogP contribution in [0.15, 0.2) is 49.9 Å². The zero-order valence-electron chi connectivity index (χ0n) is 6.48. The third-order valence-corrected chi connectivity index (χ3v) is 2.60. The summed E-state index contributed by atoms with van der Waals surface area (Å²) in [7, 11) is 0. The van der Waals surface area contributed by atoms with E-state index in [9.17, 15) is 0 Å². The molecular formula is C8H5BrN2OS. The Kier molecular flexibility index (Phi) is 2.65. The Bertz CT molecular complexity index is 374. The summed E-state index contributed by atoms with van der Waals surface area (Å²) in [4.78, 5) is 8.15. The average Bonchev–Trinajstić information content (AvgIpc) is 2.62. The van der Waals surface area contributed by atoms with E-state index in [1.165, 1.54) is 11.8 Å². The highest BCUT2D eigenvalue weighted by Gasteiger charge is 2.01. The van der Waals surface area contributed by atoms with Crippen molar-refractivity contribution < 1.29 is 4.42 Å². The molecule has 0 aromatic carbocycles. The molecule has 0 bridgehead atoms. The Balaban J connectivity index is 2.15. The number of aromatic nitrogens is 2. The normalized spacial score (nSPS) is 10.2. The zero-order valence-corrected chi connectivity index (χ0v) is 8.88.